The summed E-state index contributed by atoms with van der Waals surface area (Å²) >= 11 is 0. The van der Waals surface area contributed by atoms with Gasteiger partial charge in [-0.15, -0.1) is 0 Å². The number of rotatable bonds is 6. The zero-order valence-corrected chi connectivity index (χ0v) is 14.5. The third kappa shape index (κ3) is 4.26. The summed E-state index contributed by atoms with van der Waals surface area (Å²) in [6, 6.07) is 10.0. The minimum atomic E-state index is -0.551. The molecule has 25 heavy (non-hydrogen) atoms. The first-order valence-electron chi connectivity index (χ1n) is 7.73. The zero-order chi connectivity index (χ0) is 18.4. The molecule has 0 fully saturated rings. The van der Waals surface area contributed by atoms with Crippen molar-refractivity contribution in [3.63, 3.8) is 0 Å². The Kier molecular flexibility index (Phi) is 5.94. The van der Waals surface area contributed by atoms with E-state index in [0.717, 1.165) is 0 Å². The van der Waals surface area contributed by atoms with Gasteiger partial charge in [0.1, 0.15) is 23.9 Å². The lowest BCUT2D eigenvalue weighted by Gasteiger charge is -2.21. The van der Waals surface area contributed by atoms with E-state index in [2.05, 4.69) is 0 Å². The average molecular weight is 346 g/mol. The van der Waals surface area contributed by atoms with Gasteiger partial charge in [0.2, 0.25) is 0 Å². The third-order valence-electron chi connectivity index (χ3n) is 3.67. The summed E-state index contributed by atoms with van der Waals surface area (Å²) in [4.78, 5) is 13.9. The zero-order valence-electron chi connectivity index (χ0n) is 14.5. The van der Waals surface area contributed by atoms with Crippen LogP contribution >= 0.6 is 0 Å². The van der Waals surface area contributed by atoms with Gasteiger partial charge in [0.15, 0.2) is 0 Å². The van der Waals surface area contributed by atoms with E-state index in [-0.39, 0.29) is 12.4 Å². The number of nitrogens with two attached hydrogens (primary N) is 1. The Labute approximate surface area is 146 Å². The van der Waals surface area contributed by atoms with Crippen LogP contribution in [0.3, 0.4) is 0 Å². The second-order valence-corrected chi connectivity index (χ2v) is 5.22. The molecule has 0 unspecified atom stereocenters. The van der Waals surface area contributed by atoms with Crippen molar-refractivity contribution in [2.75, 3.05) is 31.4 Å². The van der Waals surface area contributed by atoms with E-state index in [1.165, 1.54) is 25.2 Å². The van der Waals surface area contributed by atoms with Crippen molar-refractivity contribution in [3.05, 3.63) is 42.0 Å². The number of carbonyl (C=O) groups is 1. The van der Waals surface area contributed by atoms with Crippen LogP contribution in [0, 0.1) is 0 Å². The highest BCUT2D eigenvalue weighted by atomic mass is 16.6. The van der Waals surface area contributed by atoms with Crippen molar-refractivity contribution < 1.29 is 24.1 Å². The van der Waals surface area contributed by atoms with E-state index in [9.17, 15) is 9.90 Å². The molecule has 2 aromatic rings. The second kappa shape index (κ2) is 8.14. The molecule has 0 radical (unpaired) electrons. The van der Waals surface area contributed by atoms with Crippen LogP contribution in [0.25, 0.3) is 0 Å². The summed E-state index contributed by atoms with van der Waals surface area (Å²) in [5, 5.41) is 10.1. The van der Waals surface area contributed by atoms with Crippen molar-refractivity contribution in [1.82, 2.24) is 0 Å². The number of nitrogens with zero attached hydrogens (tertiary/aromatic N) is 1. The highest BCUT2D eigenvalue weighted by molar-refractivity contribution is 5.88. The van der Waals surface area contributed by atoms with Crippen LogP contribution in [0.1, 0.15) is 12.5 Å². The number of benzene rings is 2. The fourth-order valence-electron chi connectivity index (χ4n) is 2.37. The van der Waals surface area contributed by atoms with Gasteiger partial charge in [-0.05, 0) is 25.1 Å². The first-order valence-corrected chi connectivity index (χ1v) is 7.73. The molecule has 134 valence electrons. The van der Waals surface area contributed by atoms with Gasteiger partial charge in [0.05, 0.1) is 19.8 Å². The summed E-state index contributed by atoms with van der Waals surface area (Å²) in [5.41, 5.74) is 7.31. The quantitative estimate of drug-likeness (QED) is 0.780. The van der Waals surface area contributed by atoms with Gasteiger partial charge in [-0.25, -0.2) is 4.79 Å². The molecule has 0 spiro atoms. The SMILES string of the molecule is CCN(C(=O)OCc1c(O)cc(OC)cc1OC)c1cccc(N)c1. The van der Waals surface area contributed by atoms with Crippen LogP contribution in [0.5, 0.6) is 17.2 Å². The predicted octanol–water partition coefficient (Wildman–Crippen LogP) is 3.15. The van der Waals surface area contributed by atoms with Gasteiger partial charge in [-0.1, -0.05) is 6.07 Å². The fraction of sp³-hybridized carbons (Fsp3) is 0.278. The van der Waals surface area contributed by atoms with Gasteiger partial charge in [-0.2, -0.15) is 0 Å². The number of hydrogen-bond donors (Lipinski definition) is 2. The molecule has 0 atom stereocenters. The number of aromatic hydroxyl groups is 1. The van der Waals surface area contributed by atoms with Crippen LogP contribution in [-0.4, -0.2) is 32.0 Å². The molecular weight excluding hydrogens is 324 g/mol. The Morgan fingerprint density at radius 1 is 1.20 bits per heavy atom. The molecule has 2 rings (SSSR count). The van der Waals surface area contributed by atoms with E-state index >= 15 is 0 Å². The molecule has 1 amide bonds. The Morgan fingerprint density at radius 2 is 1.96 bits per heavy atom. The Bertz CT molecular complexity index is 748. The maximum Gasteiger partial charge on any atom is 0.414 e. The number of methoxy groups -OCH3 is 2. The molecule has 7 heteroatoms. The monoisotopic (exact) mass is 346 g/mol. The summed E-state index contributed by atoms with van der Waals surface area (Å²) < 4.78 is 15.6. The molecule has 0 bridgehead atoms. The number of carbonyl (C=O) groups excluding carboxylic acids is 1. The lowest BCUT2D eigenvalue weighted by Crippen LogP contribution is -2.31. The van der Waals surface area contributed by atoms with Crippen molar-refractivity contribution in [1.29, 1.82) is 0 Å². The van der Waals surface area contributed by atoms with Crippen molar-refractivity contribution in [2.24, 2.45) is 0 Å². The Morgan fingerprint density at radius 3 is 2.56 bits per heavy atom. The number of phenolic OH excluding ortho intramolecular Hbond substituents is 1. The van der Waals surface area contributed by atoms with Gasteiger partial charge >= 0.3 is 6.09 Å². The first kappa shape index (κ1) is 18.3. The minimum absolute atomic E-state index is 0.0731. The number of amides is 1. The lowest BCUT2D eigenvalue weighted by molar-refractivity contribution is 0.145. The number of phenols is 1. The standard InChI is InChI=1S/C18H22N2O5/c1-4-20(13-7-5-6-12(19)8-13)18(22)25-11-15-16(21)9-14(23-2)10-17(15)24-3/h5-10,21H,4,11,19H2,1-3H3. The molecule has 3 N–H and O–H groups in total. The predicted molar refractivity (Wildman–Crippen MR) is 95.3 cm³/mol. The topological polar surface area (TPSA) is 94.2 Å². The molecular formula is C18H22N2O5. The van der Waals surface area contributed by atoms with Gasteiger partial charge < -0.3 is 25.1 Å². The normalized spacial score (nSPS) is 10.2. The first-order chi connectivity index (χ1) is 12.0. The summed E-state index contributed by atoms with van der Waals surface area (Å²) in [7, 11) is 2.95. The molecule has 7 nitrogen and oxygen atoms in total. The minimum Gasteiger partial charge on any atom is -0.507 e. The van der Waals surface area contributed by atoms with Gasteiger partial charge in [0, 0.05) is 30.1 Å². The smallest absolute Gasteiger partial charge is 0.414 e. The molecule has 0 saturated heterocycles. The second-order valence-electron chi connectivity index (χ2n) is 5.22. The largest absolute Gasteiger partial charge is 0.507 e. The summed E-state index contributed by atoms with van der Waals surface area (Å²) in [6.07, 6.45) is -0.551. The van der Waals surface area contributed by atoms with Crippen molar-refractivity contribution in [2.45, 2.75) is 13.5 Å². The fourth-order valence-corrected chi connectivity index (χ4v) is 2.37. The van der Waals surface area contributed by atoms with E-state index < -0.39 is 6.09 Å². The molecule has 0 aliphatic rings. The molecule has 2 aromatic carbocycles. The lowest BCUT2D eigenvalue weighted by atomic mass is 10.1. The average Bonchev–Trinajstić information content (AvgIpc) is 2.60. The number of hydrogen-bond acceptors (Lipinski definition) is 6. The van der Waals surface area contributed by atoms with Crippen molar-refractivity contribution >= 4 is 17.5 Å². The van der Waals surface area contributed by atoms with E-state index in [0.29, 0.717) is 35.0 Å². The highest BCUT2D eigenvalue weighted by Crippen LogP contribution is 2.34. The van der Waals surface area contributed by atoms with Gasteiger partial charge in [-0.3, -0.25) is 4.90 Å². The molecule has 0 aliphatic heterocycles. The number of nitrogen functional groups attached to an aromatic ring is 1. The molecule has 0 saturated carbocycles. The van der Waals surface area contributed by atoms with E-state index in [4.69, 9.17) is 19.9 Å². The van der Waals surface area contributed by atoms with Crippen LogP contribution < -0.4 is 20.1 Å². The van der Waals surface area contributed by atoms with Gasteiger partial charge in [0.25, 0.3) is 0 Å². The maximum atomic E-state index is 12.4. The summed E-state index contributed by atoms with van der Waals surface area (Å²) in [5.74, 6) is 0.743. The van der Waals surface area contributed by atoms with Crippen LogP contribution in [0.15, 0.2) is 36.4 Å². The molecule has 0 heterocycles. The number of ether oxygens (including phenoxy) is 3. The molecule has 0 aliphatic carbocycles. The van der Waals surface area contributed by atoms with Crippen LogP contribution in [0.2, 0.25) is 0 Å². The number of anilines is 2. The van der Waals surface area contributed by atoms with Crippen LogP contribution in [-0.2, 0) is 11.3 Å². The van der Waals surface area contributed by atoms with E-state index in [1.54, 1.807) is 30.3 Å². The Hall–Kier alpha value is -3.09. The Balaban J connectivity index is 2.16. The highest BCUT2D eigenvalue weighted by Gasteiger charge is 2.19. The molecule has 0 aromatic heterocycles. The summed E-state index contributed by atoms with van der Waals surface area (Å²) in [6.45, 7) is 2.10. The van der Waals surface area contributed by atoms with Crippen molar-refractivity contribution in [3.8, 4) is 17.2 Å². The maximum absolute atomic E-state index is 12.4. The van der Waals surface area contributed by atoms with Crippen LogP contribution in [0.4, 0.5) is 16.2 Å². The van der Waals surface area contributed by atoms with E-state index in [1.807, 2.05) is 6.92 Å². The third-order valence-corrected chi connectivity index (χ3v) is 3.67.